The molecule has 0 aromatic carbocycles. The van der Waals surface area contributed by atoms with Crippen molar-refractivity contribution >= 4 is 47.4 Å². The Hall–Kier alpha value is 0.554. The molecule has 0 aromatic heterocycles. The second kappa shape index (κ2) is 12.0. The van der Waals surface area contributed by atoms with Crippen molar-refractivity contribution < 1.29 is 26.9 Å². The van der Waals surface area contributed by atoms with Gasteiger partial charge in [-0.15, -0.1) is 0 Å². The van der Waals surface area contributed by atoms with Crippen molar-refractivity contribution in [2.75, 3.05) is 13.2 Å². The Morgan fingerprint density at radius 1 is 0.562 bits per heavy atom. The van der Waals surface area contributed by atoms with Gasteiger partial charge in [0.2, 0.25) is 0 Å². The molecule has 32 heavy (non-hydrogen) atoms. The van der Waals surface area contributed by atoms with Gasteiger partial charge in [-0.2, -0.15) is 0 Å². The van der Waals surface area contributed by atoms with Crippen LogP contribution in [0.25, 0.3) is 0 Å². The van der Waals surface area contributed by atoms with Gasteiger partial charge in [0.1, 0.15) is 12.2 Å². The van der Waals surface area contributed by atoms with Crippen molar-refractivity contribution in [3.8, 4) is 0 Å². The van der Waals surface area contributed by atoms with E-state index in [0.29, 0.717) is 6.61 Å². The van der Waals surface area contributed by atoms with Gasteiger partial charge >= 0.3 is 0 Å². The van der Waals surface area contributed by atoms with Crippen molar-refractivity contribution in [1.82, 2.24) is 0 Å². The summed E-state index contributed by atoms with van der Waals surface area (Å²) < 4.78 is 32.1. The van der Waals surface area contributed by atoms with Crippen LogP contribution in [-0.4, -0.2) is 78.9 Å². The number of carbonyl (C=O) groups excluding carboxylic acids is 1. The molecule has 0 amide bonds. The number of hydrogen-bond donors (Lipinski definition) is 0. The summed E-state index contributed by atoms with van der Waals surface area (Å²) in [6.07, 6.45) is -1.61. The highest BCUT2D eigenvalue weighted by Gasteiger charge is 2.43. The van der Waals surface area contributed by atoms with E-state index < -0.39 is 53.8 Å². The highest BCUT2D eigenvalue weighted by molar-refractivity contribution is 6.71. The first kappa shape index (κ1) is 32.6. The van der Waals surface area contributed by atoms with Crippen LogP contribution in [-0.2, 0) is 26.9 Å². The lowest BCUT2D eigenvalue weighted by molar-refractivity contribution is -0.137. The molecule has 0 saturated carbocycles. The minimum absolute atomic E-state index is 0.0466. The Labute approximate surface area is 203 Å². The monoisotopic (exact) mass is 540 g/mol. The molecule has 0 aliphatic rings. The standard InChI is InChI=1S/C21H52O6Si5/c1-28(2,3)23-16-18(22)20(26-31(10,11)12)21(27-32(13,14)15)19(25-30(7,8)9)17-24-29(4,5)6/h19-21H,16-17H2,1-15H3. The number of hydrogen-bond acceptors (Lipinski definition) is 6. The van der Waals surface area contributed by atoms with Crippen molar-refractivity contribution in [2.45, 2.75) is 117 Å². The fourth-order valence-electron chi connectivity index (χ4n) is 2.79. The fourth-order valence-corrected chi connectivity index (χ4v) is 7.26. The first-order chi connectivity index (χ1) is 13.9. The summed E-state index contributed by atoms with van der Waals surface area (Å²) in [5, 5.41) is 0. The minimum Gasteiger partial charge on any atom is -0.415 e. The fraction of sp³-hybridized carbons (Fsp3) is 0.952. The van der Waals surface area contributed by atoms with Crippen molar-refractivity contribution in [3.63, 3.8) is 0 Å². The average Bonchev–Trinajstić information content (AvgIpc) is 2.48. The van der Waals surface area contributed by atoms with E-state index in [-0.39, 0.29) is 18.5 Å². The zero-order valence-corrected chi connectivity index (χ0v) is 28.6. The summed E-state index contributed by atoms with van der Waals surface area (Å²) >= 11 is 0. The maximum atomic E-state index is 13.5. The molecule has 0 aliphatic heterocycles. The van der Waals surface area contributed by atoms with Crippen molar-refractivity contribution in [3.05, 3.63) is 0 Å². The Morgan fingerprint density at radius 2 is 0.969 bits per heavy atom. The zero-order valence-electron chi connectivity index (χ0n) is 23.6. The van der Waals surface area contributed by atoms with Gasteiger partial charge in [0, 0.05) is 0 Å². The zero-order chi connectivity index (χ0) is 25.8. The molecule has 11 heteroatoms. The number of Topliss-reactive ketones (excluding diaryl/α,β-unsaturated/α-hetero) is 1. The van der Waals surface area contributed by atoms with Crippen LogP contribution in [0.4, 0.5) is 0 Å². The van der Waals surface area contributed by atoms with E-state index in [9.17, 15) is 4.79 Å². The largest absolute Gasteiger partial charge is 0.415 e. The average molecular weight is 541 g/mol. The molecule has 0 heterocycles. The normalized spacial score (nSPS) is 17.2. The molecule has 0 rings (SSSR count). The van der Waals surface area contributed by atoms with Gasteiger partial charge in [-0.3, -0.25) is 4.79 Å². The number of rotatable bonds is 15. The summed E-state index contributed by atoms with van der Waals surface area (Å²) in [6.45, 7) is 32.4. The van der Waals surface area contributed by atoms with Crippen LogP contribution in [0.5, 0.6) is 0 Å². The Kier molecular flexibility index (Phi) is 12.2. The van der Waals surface area contributed by atoms with Gasteiger partial charge in [-0.1, -0.05) is 0 Å². The summed E-state index contributed by atoms with van der Waals surface area (Å²) in [6, 6.07) is 0. The van der Waals surface area contributed by atoms with Gasteiger partial charge < -0.3 is 22.1 Å². The summed E-state index contributed by atoms with van der Waals surface area (Å²) in [7, 11) is -9.70. The smallest absolute Gasteiger partial charge is 0.187 e. The molecule has 192 valence electrons. The van der Waals surface area contributed by atoms with E-state index in [2.05, 4.69) is 98.2 Å². The molecule has 3 atom stereocenters. The summed E-state index contributed by atoms with van der Waals surface area (Å²) in [5.74, 6) is -0.0599. The molecule has 0 N–H and O–H groups in total. The quantitative estimate of drug-likeness (QED) is 0.240. The third kappa shape index (κ3) is 17.1. The molecule has 0 fully saturated rings. The SMILES string of the molecule is C[Si](C)(C)OCC(=O)C(O[Si](C)(C)C)C(O[Si](C)(C)C)C(CO[Si](C)(C)C)O[Si](C)(C)C. The highest BCUT2D eigenvalue weighted by Crippen LogP contribution is 2.25. The first-order valence-electron chi connectivity index (χ1n) is 11.7. The van der Waals surface area contributed by atoms with Crippen LogP contribution in [0.3, 0.4) is 0 Å². The maximum Gasteiger partial charge on any atom is 0.187 e. The van der Waals surface area contributed by atoms with Gasteiger partial charge in [-0.05, 0) is 98.2 Å². The van der Waals surface area contributed by atoms with Crippen LogP contribution in [0, 0.1) is 0 Å². The number of ketones is 1. The van der Waals surface area contributed by atoms with Gasteiger partial charge in [0.05, 0.1) is 19.3 Å². The van der Waals surface area contributed by atoms with Gasteiger partial charge in [-0.25, -0.2) is 0 Å². The van der Waals surface area contributed by atoms with E-state index in [0.717, 1.165) is 0 Å². The topological polar surface area (TPSA) is 63.2 Å². The van der Waals surface area contributed by atoms with E-state index in [1.165, 1.54) is 0 Å². The summed E-state index contributed by atoms with van der Waals surface area (Å²) in [5.41, 5.74) is 0. The molecular weight excluding hydrogens is 489 g/mol. The molecule has 0 aliphatic carbocycles. The van der Waals surface area contributed by atoms with E-state index >= 15 is 0 Å². The molecule has 6 nitrogen and oxygen atoms in total. The van der Waals surface area contributed by atoms with E-state index in [1.54, 1.807) is 0 Å². The molecule has 0 radical (unpaired) electrons. The Bertz CT molecular complexity index is 582. The first-order valence-corrected chi connectivity index (χ1v) is 28.8. The van der Waals surface area contributed by atoms with Gasteiger partial charge in [0.25, 0.3) is 0 Å². The third-order valence-corrected chi connectivity index (χ3v) is 8.78. The molecular formula is C21H52O6Si5. The molecule has 0 spiro atoms. The molecule has 0 bridgehead atoms. The number of carbonyl (C=O) groups is 1. The van der Waals surface area contributed by atoms with Crippen LogP contribution in [0.15, 0.2) is 0 Å². The summed E-state index contributed by atoms with van der Waals surface area (Å²) in [4.78, 5) is 13.5. The van der Waals surface area contributed by atoms with Crippen molar-refractivity contribution in [2.24, 2.45) is 0 Å². The van der Waals surface area contributed by atoms with Crippen molar-refractivity contribution in [1.29, 1.82) is 0 Å². The molecule has 3 unspecified atom stereocenters. The highest BCUT2D eigenvalue weighted by atomic mass is 28.4. The van der Waals surface area contributed by atoms with Crippen LogP contribution < -0.4 is 0 Å². The second-order valence-corrected chi connectivity index (χ2v) is 35.8. The predicted octanol–water partition coefficient (Wildman–Crippen LogP) is 5.92. The Balaban J connectivity index is 6.28. The lowest BCUT2D eigenvalue weighted by Crippen LogP contribution is -2.58. The third-order valence-electron chi connectivity index (χ3n) is 3.79. The van der Waals surface area contributed by atoms with Crippen LogP contribution in [0.1, 0.15) is 0 Å². The second-order valence-electron chi connectivity index (χ2n) is 13.4. The molecule has 0 aromatic rings. The maximum absolute atomic E-state index is 13.5. The lowest BCUT2D eigenvalue weighted by atomic mass is 10.1. The molecule has 0 saturated heterocycles. The van der Waals surface area contributed by atoms with E-state index in [1.807, 2.05) is 0 Å². The Morgan fingerprint density at radius 3 is 1.31 bits per heavy atom. The predicted molar refractivity (Wildman–Crippen MR) is 148 cm³/mol. The van der Waals surface area contributed by atoms with Crippen LogP contribution >= 0.6 is 0 Å². The minimum atomic E-state index is -2.07. The van der Waals surface area contributed by atoms with Crippen LogP contribution in [0.2, 0.25) is 98.2 Å². The lowest BCUT2D eigenvalue weighted by Gasteiger charge is -2.42. The van der Waals surface area contributed by atoms with Gasteiger partial charge in [0.15, 0.2) is 47.4 Å². The van der Waals surface area contributed by atoms with E-state index in [4.69, 9.17) is 22.1 Å².